The summed E-state index contributed by atoms with van der Waals surface area (Å²) in [6.07, 6.45) is 0.244. The van der Waals surface area contributed by atoms with E-state index in [1.165, 1.54) is 67.5 Å². The third-order valence-corrected chi connectivity index (χ3v) is 7.07. The molecule has 36 heavy (non-hydrogen) atoms. The fourth-order valence-corrected chi connectivity index (χ4v) is 5.01. The minimum absolute atomic E-state index is 0.0857. The number of anilines is 1. The molecule has 0 aliphatic carbocycles. The van der Waals surface area contributed by atoms with E-state index in [9.17, 15) is 22.4 Å². The van der Waals surface area contributed by atoms with Gasteiger partial charge in [0.1, 0.15) is 11.6 Å². The summed E-state index contributed by atoms with van der Waals surface area (Å²) in [5, 5.41) is 3.27. The van der Waals surface area contributed by atoms with Crippen molar-refractivity contribution < 1.29 is 27.1 Å². The average molecular weight is 520 g/mol. The lowest BCUT2D eigenvalue weighted by molar-refractivity contribution is -0.137. The highest BCUT2D eigenvalue weighted by atomic mass is 32.2. The number of halogens is 4. The summed E-state index contributed by atoms with van der Waals surface area (Å²) in [5.74, 6) is -0.224. The summed E-state index contributed by atoms with van der Waals surface area (Å²) in [5.41, 5.74) is 0.415. The maximum Gasteiger partial charge on any atom is 0.416 e. The number of hydrogen-bond donors (Lipinski definition) is 1. The maximum atomic E-state index is 13.7. The molecule has 2 aromatic carbocycles. The third kappa shape index (κ3) is 5.82. The molecule has 0 radical (unpaired) electrons. The van der Waals surface area contributed by atoms with Gasteiger partial charge in [0, 0.05) is 46.9 Å². The molecule has 1 N–H and O–H groups in total. The van der Waals surface area contributed by atoms with Crippen molar-refractivity contribution in [2.45, 2.75) is 30.0 Å². The molecular formula is C26H25F4N3O2S. The molecule has 190 valence electrons. The fourth-order valence-electron chi connectivity index (χ4n) is 3.96. The smallest absolute Gasteiger partial charge is 0.416 e. The molecule has 0 saturated carbocycles. The number of methoxy groups -OCH3 is 1. The second kappa shape index (κ2) is 10.9. The third-order valence-electron chi connectivity index (χ3n) is 6.06. The maximum absolute atomic E-state index is 13.7. The number of pyridine rings is 1. The van der Waals surface area contributed by atoms with Crippen LogP contribution in [0.1, 0.15) is 28.8 Å². The fraction of sp³-hybridized carbons (Fsp3) is 0.308. The predicted molar refractivity (Wildman–Crippen MR) is 132 cm³/mol. The van der Waals surface area contributed by atoms with Gasteiger partial charge in [-0.05, 0) is 61.5 Å². The molecule has 1 aliphatic rings. The van der Waals surface area contributed by atoms with Gasteiger partial charge in [0.05, 0.1) is 24.6 Å². The second-order valence-corrected chi connectivity index (χ2v) is 9.59. The van der Waals surface area contributed by atoms with Gasteiger partial charge in [-0.25, -0.2) is 4.39 Å². The molecule has 1 aromatic heterocycles. The van der Waals surface area contributed by atoms with Crippen LogP contribution in [0.2, 0.25) is 0 Å². The van der Waals surface area contributed by atoms with E-state index in [0.29, 0.717) is 33.5 Å². The van der Waals surface area contributed by atoms with Crippen molar-refractivity contribution in [1.82, 2.24) is 10.3 Å². The van der Waals surface area contributed by atoms with Crippen molar-refractivity contribution in [2.75, 3.05) is 31.4 Å². The molecule has 4 rings (SSSR count). The van der Waals surface area contributed by atoms with E-state index in [4.69, 9.17) is 4.74 Å². The van der Waals surface area contributed by atoms with Crippen molar-refractivity contribution in [3.8, 4) is 16.9 Å². The number of rotatable bonds is 8. The van der Waals surface area contributed by atoms with E-state index in [-0.39, 0.29) is 11.3 Å². The number of nitrogens with one attached hydrogen (secondary N) is 1. The van der Waals surface area contributed by atoms with E-state index in [2.05, 4.69) is 10.3 Å². The Morgan fingerprint density at radius 1 is 1.19 bits per heavy atom. The van der Waals surface area contributed by atoms with E-state index in [1.807, 2.05) is 0 Å². The van der Waals surface area contributed by atoms with Crippen LogP contribution in [0.15, 0.2) is 59.8 Å². The molecule has 3 aromatic rings. The van der Waals surface area contributed by atoms with Crippen LogP contribution in [0.5, 0.6) is 5.75 Å². The Morgan fingerprint density at radius 3 is 2.64 bits per heavy atom. The minimum atomic E-state index is -4.60. The number of amides is 1. The van der Waals surface area contributed by atoms with Gasteiger partial charge in [0.2, 0.25) is 0 Å². The quantitative estimate of drug-likeness (QED) is 0.291. The molecule has 2 heterocycles. The lowest BCUT2D eigenvalue weighted by atomic mass is 10.0. The Morgan fingerprint density at radius 2 is 1.97 bits per heavy atom. The number of aromatic nitrogens is 1. The Labute approximate surface area is 210 Å². The molecular weight excluding hydrogens is 494 g/mol. The lowest BCUT2D eigenvalue weighted by Gasteiger charge is -2.27. The molecule has 1 amide bonds. The minimum Gasteiger partial charge on any atom is -0.496 e. The number of carbonyl (C=O) groups excluding carboxylic acids is 1. The average Bonchev–Trinajstić information content (AvgIpc) is 2.83. The summed E-state index contributed by atoms with van der Waals surface area (Å²) in [6.45, 7) is 0.962. The van der Waals surface area contributed by atoms with Crippen molar-refractivity contribution in [3.05, 3.63) is 71.8 Å². The first-order chi connectivity index (χ1) is 17.2. The van der Waals surface area contributed by atoms with Gasteiger partial charge in [0.25, 0.3) is 5.91 Å². The largest absolute Gasteiger partial charge is 0.496 e. The highest BCUT2D eigenvalue weighted by Gasteiger charge is 2.32. The zero-order valence-corrected chi connectivity index (χ0v) is 20.5. The summed E-state index contributed by atoms with van der Waals surface area (Å²) in [6, 6.07) is 9.46. The summed E-state index contributed by atoms with van der Waals surface area (Å²) < 4.78 is 60.0. The number of ether oxygens (including phenoxy) is 1. The van der Waals surface area contributed by atoms with E-state index in [1.54, 1.807) is 6.07 Å². The SMILES string of the molecule is COc1cc(F)ccc1-c1ccncc1N(C)C(=O)c1cc(SCCC2CCN2)cc(C(F)(F)F)c1. The molecule has 1 fully saturated rings. The van der Waals surface area contributed by atoms with Gasteiger partial charge in [-0.2, -0.15) is 13.2 Å². The predicted octanol–water partition coefficient (Wildman–Crippen LogP) is 6.04. The van der Waals surface area contributed by atoms with Crippen LogP contribution in [0, 0.1) is 5.82 Å². The molecule has 10 heteroatoms. The Balaban J connectivity index is 1.66. The first kappa shape index (κ1) is 26.0. The lowest BCUT2D eigenvalue weighted by Crippen LogP contribution is -2.42. The van der Waals surface area contributed by atoms with Gasteiger partial charge in [0.15, 0.2) is 0 Å². The van der Waals surface area contributed by atoms with E-state index >= 15 is 0 Å². The molecule has 0 spiro atoms. The Kier molecular flexibility index (Phi) is 7.85. The summed E-state index contributed by atoms with van der Waals surface area (Å²) in [4.78, 5) is 19.1. The van der Waals surface area contributed by atoms with E-state index < -0.39 is 23.5 Å². The monoisotopic (exact) mass is 519 g/mol. The number of benzene rings is 2. The topological polar surface area (TPSA) is 54.5 Å². The van der Waals surface area contributed by atoms with Crippen molar-refractivity contribution >= 4 is 23.4 Å². The first-order valence-corrected chi connectivity index (χ1v) is 12.3. The molecule has 5 nitrogen and oxygen atoms in total. The van der Waals surface area contributed by atoms with Crippen LogP contribution in [0.25, 0.3) is 11.1 Å². The molecule has 1 saturated heterocycles. The normalized spacial score (nSPS) is 15.3. The number of thioether (sulfide) groups is 1. The Bertz CT molecular complexity index is 1250. The second-order valence-electron chi connectivity index (χ2n) is 8.42. The number of alkyl halides is 3. The standard InChI is InChI=1S/C26H25F4N3O2S/c1-33(23-15-31-8-6-21(23)22-4-3-18(27)14-24(22)35-2)25(34)16-11-17(26(28,29)30)13-20(12-16)36-10-7-19-5-9-32-19/h3-4,6,8,11-15,19,32H,5,7,9-10H2,1-2H3. The summed E-state index contributed by atoms with van der Waals surface area (Å²) >= 11 is 1.30. The van der Waals surface area contributed by atoms with Crippen LogP contribution in [0.4, 0.5) is 23.2 Å². The van der Waals surface area contributed by atoms with Gasteiger partial charge in [-0.15, -0.1) is 11.8 Å². The molecule has 1 unspecified atom stereocenters. The van der Waals surface area contributed by atoms with Crippen LogP contribution in [-0.4, -0.2) is 43.4 Å². The van der Waals surface area contributed by atoms with Crippen LogP contribution in [-0.2, 0) is 6.18 Å². The zero-order valence-electron chi connectivity index (χ0n) is 19.7. The van der Waals surface area contributed by atoms with Gasteiger partial charge < -0.3 is 15.0 Å². The van der Waals surface area contributed by atoms with Crippen molar-refractivity contribution in [3.63, 3.8) is 0 Å². The van der Waals surface area contributed by atoms with Crippen LogP contribution in [0.3, 0.4) is 0 Å². The van der Waals surface area contributed by atoms with Crippen LogP contribution < -0.4 is 15.0 Å². The number of hydrogen-bond acceptors (Lipinski definition) is 5. The Hall–Kier alpha value is -3.11. The number of carbonyl (C=O) groups is 1. The van der Waals surface area contributed by atoms with Gasteiger partial charge in [-0.3, -0.25) is 9.78 Å². The van der Waals surface area contributed by atoms with Crippen molar-refractivity contribution in [2.24, 2.45) is 0 Å². The molecule has 0 bridgehead atoms. The van der Waals surface area contributed by atoms with Gasteiger partial charge in [-0.1, -0.05) is 0 Å². The van der Waals surface area contributed by atoms with Gasteiger partial charge >= 0.3 is 6.18 Å². The van der Waals surface area contributed by atoms with Crippen LogP contribution >= 0.6 is 11.8 Å². The molecule has 1 atom stereocenters. The summed E-state index contributed by atoms with van der Waals surface area (Å²) in [7, 11) is 2.87. The highest BCUT2D eigenvalue weighted by molar-refractivity contribution is 7.99. The number of nitrogens with zero attached hydrogens (tertiary/aromatic N) is 2. The van der Waals surface area contributed by atoms with E-state index in [0.717, 1.165) is 31.5 Å². The molecule has 1 aliphatic heterocycles. The zero-order chi connectivity index (χ0) is 25.9. The first-order valence-electron chi connectivity index (χ1n) is 11.3. The highest BCUT2D eigenvalue weighted by Crippen LogP contribution is 2.38. The van der Waals surface area contributed by atoms with Crippen molar-refractivity contribution in [1.29, 1.82) is 0 Å².